The highest BCUT2D eigenvalue weighted by molar-refractivity contribution is 6.04. The number of benzene rings is 3. The van der Waals surface area contributed by atoms with Crippen molar-refractivity contribution in [2.75, 3.05) is 5.32 Å². The van der Waals surface area contributed by atoms with Crippen LogP contribution in [0.4, 0.5) is 5.69 Å². The first-order chi connectivity index (χ1) is 15.0. The molecule has 3 aromatic carbocycles. The van der Waals surface area contributed by atoms with Crippen molar-refractivity contribution in [3.63, 3.8) is 0 Å². The van der Waals surface area contributed by atoms with Crippen molar-refractivity contribution in [1.82, 2.24) is 5.32 Å². The first kappa shape index (κ1) is 22.1. The molecular weight excluding hydrogens is 388 g/mol. The minimum Gasteiger partial charge on any atom is -0.481 e. The van der Waals surface area contributed by atoms with Gasteiger partial charge in [-0.2, -0.15) is 0 Å². The second-order valence-electron chi connectivity index (χ2n) is 7.36. The fourth-order valence-corrected chi connectivity index (χ4v) is 3.28. The third-order valence-corrected chi connectivity index (χ3v) is 5.10. The van der Waals surface area contributed by atoms with E-state index in [0.717, 1.165) is 17.5 Å². The van der Waals surface area contributed by atoms with E-state index in [-0.39, 0.29) is 17.9 Å². The number of anilines is 1. The second kappa shape index (κ2) is 10.4. The van der Waals surface area contributed by atoms with Gasteiger partial charge in [-0.05, 0) is 49.6 Å². The number of amides is 2. The Morgan fingerprint density at radius 2 is 1.52 bits per heavy atom. The molecule has 0 aliphatic rings. The van der Waals surface area contributed by atoms with Gasteiger partial charge in [0.25, 0.3) is 11.8 Å². The lowest BCUT2D eigenvalue weighted by molar-refractivity contribution is -0.122. The summed E-state index contributed by atoms with van der Waals surface area (Å²) in [6, 6.07) is 24.2. The standard InChI is InChI=1S/C26H28N2O3/c1-4-20-12-8-11-17-24(20)31-19(3)25(29)28-23-16-10-9-15-22(23)26(30)27-18(2)21-13-6-5-7-14-21/h5-19H,4H2,1-3H3,(H,27,30)(H,28,29)/t18-,19+/m0/s1. The zero-order valence-corrected chi connectivity index (χ0v) is 18.1. The molecule has 2 N–H and O–H groups in total. The summed E-state index contributed by atoms with van der Waals surface area (Å²) in [7, 11) is 0. The number of para-hydroxylation sites is 2. The predicted octanol–water partition coefficient (Wildman–Crippen LogP) is 5.15. The van der Waals surface area contributed by atoms with Gasteiger partial charge in [-0.15, -0.1) is 0 Å². The van der Waals surface area contributed by atoms with E-state index in [9.17, 15) is 9.59 Å². The molecule has 0 aliphatic carbocycles. The molecular formula is C26H28N2O3. The van der Waals surface area contributed by atoms with Crippen LogP contribution in [0.25, 0.3) is 0 Å². The number of aryl methyl sites for hydroxylation is 1. The van der Waals surface area contributed by atoms with Crippen LogP contribution in [0.5, 0.6) is 5.75 Å². The molecule has 160 valence electrons. The van der Waals surface area contributed by atoms with Gasteiger partial charge in [0, 0.05) is 0 Å². The highest BCUT2D eigenvalue weighted by Crippen LogP contribution is 2.21. The molecule has 3 aromatic rings. The Labute approximate surface area is 183 Å². The van der Waals surface area contributed by atoms with Crippen LogP contribution in [0.3, 0.4) is 0 Å². The summed E-state index contributed by atoms with van der Waals surface area (Å²) in [6.07, 6.45) is 0.0969. The number of ether oxygens (including phenoxy) is 1. The van der Waals surface area contributed by atoms with Gasteiger partial charge in [0.05, 0.1) is 17.3 Å². The number of carbonyl (C=O) groups is 2. The Hall–Kier alpha value is -3.60. The molecule has 3 rings (SSSR count). The lowest BCUT2D eigenvalue weighted by Crippen LogP contribution is -2.32. The highest BCUT2D eigenvalue weighted by Gasteiger charge is 2.20. The summed E-state index contributed by atoms with van der Waals surface area (Å²) < 4.78 is 5.88. The van der Waals surface area contributed by atoms with Gasteiger partial charge in [-0.25, -0.2) is 0 Å². The van der Waals surface area contributed by atoms with Crippen molar-refractivity contribution in [2.24, 2.45) is 0 Å². The molecule has 0 unspecified atom stereocenters. The van der Waals surface area contributed by atoms with Gasteiger partial charge in [0.2, 0.25) is 0 Å². The maximum absolute atomic E-state index is 12.9. The number of rotatable bonds is 8. The summed E-state index contributed by atoms with van der Waals surface area (Å²) in [4.78, 5) is 25.6. The second-order valence-corrected chi connectivity index (χ2v) is 7.36. The zero-order chi connectivity index (χ0) is 22.2. The lowest BCUT2D eigenvalue weighted by Gasteiger charge is -2.19. The third-order valence-electron chi connectivity index (χ3n) is 5.10. The summed E-state index contributed by atoms with van der Waals surface area (Å²) in [5.41, 5.74) is 2.90. The van der Waals surface area contributed by atoms with E-state index in [1.165, 1.54) is 0 Å². The molecule has 0 aromatic heterocycles. The van der Waals surface area contributed by atoms with Gasteiger partial charge in [0.15, 0.2) is 6.10 Å². The molecule has 31 heavy (non-hydrogen) atoms. The Bertz CT molecular complexity index is 1030. The maximum Gasteiger partial charge on any atom is 0.265 e. The lowest BCUT2D eigenvalue weighted by atomic mass is 10.1. The number of nitrogens with one attached hydrogen (secondary N) is 2. The van der Waals surface area contributed by atoms with Crippen molar-refractivity contribution < 1.29 is 14.3 Å². The first-order valence-electron chi connectivity index (χ1n) is 10.5. The van der Waals surface area contributed by atoms with Crippen molar-refractivity contribution >= 4 is 17.5 Å². The average Bonchev–Trinajstić information content (AvgIpc) is 2.80. The SMILES string of the molecule is CCc1ccccc1O[C@H](C)C(=O)Nc1ccccc1C(=O)N[C@@H](C)c1ccccc1. The summed E-state index contributed by atoms with van der Waals surface area (Å²) in [6.45, 7) is 5.66. The van der Waals surface area contributed by atoms with Gasteiger partial charge >= 0.3 is 0 Å². The monoisotopic (exact) mass is 416 g/mol. The van der Waals surface area contributed by atoms with E-state index >= 15 is 0 Å². The summed E-state index contributed by atoms with van der Waals surface area (Å²) in [5, 5.41) is 5.83. The van der Waals surface area contributed by atoms with Crippen LogP contribution in [0.15, 0.2) is 78.9 Å². The molecule has 0 aliphatic heterocycles. The molecule has 5 nitrogen and oxygen atoms in total. The van der Waals surface area contributed by atoms with E-state index in [0.29, 0.717) is 17.0 Å². The van der Waals surface area contributed by atoms with E-state index in [1.807, 2.05) is 68.4 Å². The number of carbonyl (C=O) groups excluding carboxylic acids is 2. The number of hydrogen-bond donors (Lipinski definition) is 2. The van der Waals surface area contributed by atoms with Crippen molar-refractivity contribution in [3.8, 4) is 5.75 Å². The largest absolute Gasteiger partial charge is 0.481 e. The summed E-state index contributed by atoms with van der Waals surface area (Å²) >= 11 is 0. The Morgan fingerprint density at radius 3 is 2.26 bits per heavy atom. The van der Waals surface area contributed by atoms with Crippen molar-refractivity contribution in [1.29, 1.82) is 0 Å². The first-order valence-corrected chi connectivity index (χ1v) is 10.5. The Balaban J connectivity index is 1.69. The number of hydrogen-bond acceptors (Lipinski definition) is 3. The molecule has 0 saturated carbocycles. The molecule has 0 saturated heterocycles. The van der Waals surface area contributed by atoms with E-state index in [2.05, 4.69) is 10.6 Å². The maximum atomic E-state index is 12.9. The Kier molecular flexibility index (Phi) is 7.44. The highest BCUT2D eigenvalue weighted by atomic mass is 16.5. The van der Waals surface area contributed by atoms with E-state index in [1.54, 1.807) is 31.2 Å². The molecule has 2 amide bonds. The fourth-order valence-electron chi connectivity index (χ4n) is 3.28. The minimum absolute atomic E-state index is 0.162. The van der Waals surface area contributed by atoms with Crippen LogP contribution in [0, 0.1) is 0 Å². The van der Waals surface area contributed by atoms with Crippen LogP contribution >= 0.6 is 0 Å². The molecule has 0 bridgehead atoms. The van der Waals surface area contributed by atoms with Crippen molar-refractivity contribution in [2.45, 2.75) is 39.3 Å². The smallest absolute Gasteiger partial charge is 0.265 e. The topological polar surface area (TPSA) is 67.4 Å². The predicted molar refractivity (Wildman–Crippen MR) is 123 cm³/mol. The third kappa shape index (κ3) is 5.72. The van der Waals surface area contributed by atoms with Crippen LogP contribution in [0.2, 0.25) is 0 Å². The van der Waals surface area contributed by atoms with Crippen LogP contribution in [-0.2, 0) is 11.2 Å². The minimum atomic E-state index is -0.716. The fraction of sp³-hybridized carbons (Fsp3) is 0.231. The van der Waals surface area contributed by atoms with E-state index in [4.69, 9.17) is 4.74 Å². The van der Waals surface area contributed by atoms with Crippen molar-refractivity contribution in [3.05, 3.63) is 95.6 Å². The molecule has 2 atom stereocenters. The van der Waals surface area contributed by atoms with Gasteiger partial charge < -0.3 is 15.4 Å². The molecule has 5 heteroatoms. The quantitative estimate of drug-likeness (QED) is 0.534. The van der Waals surface area contributed by atoms with Gasteiger partial charge in [-0.1, -0.05) is 67.6 Å². The van der Waals surface area contributed by atoms with Crippen LogP contribution in [-0.4, -0.2) is 17.9 Å². The Morgan fingerprint density at radius 1 is 0.871 bits per heavy atom. The molecule has 0 radical (unpaired) electrons. The van der Waals surface area contributed by atoms with Crippen LogP contribution in [0.1, 0.15) is 48.3 Å². The van der Waals surface area contributed by atoms with E-state index < -0.39 is 6.10 Å². The molecule has 0 fully saturated rings. The van der Waals surface area contributed by atoms with Crippen LogP contribution < -0.4 is 15.4 Å². The molecule has 0 heterocycles. The van der Waals surface area contributed by atoms with Gasteiger partial charge in [0.1, 0.15) is 5.75 Å². The summed E-state index contributed by atoms with van der Waals surface area (Å²) in [5.74, 6) is 0.120. The zero-order valence-electron chi connectivity index (χ0n) is 18.1. The molecule has 0 spiro atoms. The average molecular weight is 417 g/mol. The van der Waals surface area contributed by atoms with Gasteiger partial charge in [-0.3, -0.25) is 9.59 Å². The normalized spacial score (nSPS) is 12.5.